The van der Waals surface area contributed by atoms with E-state index in [0.717, 1.165) is 36.5 Å². The fourth-order valence-electron chi connectivity index (χ4n) is 2.56. The summed E-state index contributed by atoms with van der Waals surface area (Å²) in [5.41, 5.74) is 3.97. The van der Waals surface area contributed by atoms with Crippen molar-refractivity contribution in [3.8, 4) is 0 Å². The summed E-state index contributed by atoms with van der Waals surface area (Å²) >= 11 is 5.03. The molecule has 3 heterocycles. The van der Waals surface area contributed by atoms with Gasteiger partial charge in [-0.1, -0.05) is 6.07 Å². The average Bonchev–Trinajstić information content (AvgIpc) is 2.41. The molecule has 0 radical (unpaired) electrons. The van der Waals surface area contributed by atoms with Gasteiger partial charge in [-0.2, -0.15) is 0 Å². The smallest absolute Gasteiger partial charge is 0.255 e. The number of aromatic nitrogens is 3. The van der Waals surface area contributed by atoms with Gasteiger partial charge in [0, 0.05) is 37.1 Å². The Kier molecular flexibility index (Phi) is 3.50. The van der Waals surface area contributed by atoms with Crippen LogP contribution in [0.2, 0.25) is 0 Å². The van der Waals surface area contributed by atoms with Crippen molar-refractivity contribution in [3.63, 3.8) is 0 Å². The minimum Gasteiger partial charge on any atom is -0.334 e. The Bertz CT molecular complexity index is 749. The van der Waals surface area contributed by atoms with E-state index in [-0.39, 0.29) is 5.56 Å². The highest BCUT2D eigenvalue weighted by molar-refractivity contribution is 7.71. The van der Waals surface area contributed by atoms with Gasteiger partial charge in [-0.3, -0.25) is 19.7 Å². The van der Waals surface area contributed by atoms with E-state index in [1.807, 2.05) is 12.3 Å². The maximum Gasteiger partial charge on any atom is 0.255 e. The zero-order valence-electron chi connectivity index (χ0n) is 11.3. The lowest BCUT2D eigenvalue weighted by Crippen LogP contribution is -2.35. The molecule has 2 aromatic rings. The standard InChI is InChI=1S/C14H16N4OS/c1-9-3-2-5-15-11(9)7-18-6-4-10-12(8-18)16-14(20)17-13(10)19/h2-3,5H,4,6-8H2,1H3,(H2,16,17,19,20). The Morgan fingerprint density at radius 2 is 2.30 bits per heavy atom. The molecule has 104 valence electrons. The summed E-state index contributed by atoms with van der Waals surface area (Å²) in [4.78, 5) is 24.3. The fourth-order valence-corrected chi connectivity index (χ4v) is 2.78. The van der Waals surface area contributed by atoms with Crippen molar-refractivity contribution in [2.24, 2.45) is 0 Å². The van der Waals surface area contributed by atoms with Gasteiger partial charge in [-0.05, 0) is 37.2 Å². The van der Waals surface area contributed by atoms with Crippen LogP contribution in [-0.2, 0) is 19.5 Å². The van der Waals surface area contributed by atoms with Crippen LogP contribution in [0.15, 0.2) is 23.1 Å². The normalized spacial score (nSPS) is 15.1. The summed E-state index contributed by atoms with van der Waals surface area (Å²) in [6.07, 6.45) is 2.56. The second kappa shape index (κ2) is 5.30. The number of fused-ring (bicyclic) bond motifs is 1. The summed E-state index contributed by atoms with van der Waals surface area (Å²) in [7, 11) is 0. The van der Waals surface area contributed by atoms with Crippen LogP contribution in [0.4, 0.5) is 0 Å². The van der Waals surface area contributed by atoms with Crippen molar-refractivity contribution in [2.75, 3.05) is 6.54 Å². The summed E-state index contributed by atoms with van der Waals surface area (Å²) < 4.78 is 0.393. The first-order valence-corrected chi connectivity index (χ1v) is 7.01. The van der Waals surface area contributed by atoms with E-state index in [2.05, 4.69) is 32.8 Å². The van der Waals surface area contributed by atoms with Crippen LogP contribution in [0.5, 0.6) is 0 Å². The van der Waals surface area contributed by atoms with E-state index >= 15 is 0 Å². The SMILES string of the molecule is Cc1cccnc1CN1CCc2c([nH]c(=S)[nH]c2=O)C1. The van der Waals surface area contributed by atoms with E-state index < -0.39 is 0 Å². The number of hydrogen-bond acceptors (Lipinski definition) is 4. The topological polar surface area (TPSA) is 64.8 Å². The number of H-pyrrole nitrogens is 2. The molecular weight excluding hydrogens is 272 g/mol. The molecule has 1 aliphatic rings. The Balaban J connectivity index is 1.84. The average molecular weight is 288 g/mol. The molecular formula is C14H16N4OS. The summed E-state index contributed by atoms with van der Waals surface area (Å²) in [6, 6.07) is 4.01. The van der Waals surface area contributed by atoms with Gasteiger partial charge in [0.15, 0.2) is 4.77 Å². The first-order valence-electron chi connectivity index (χ1n) is 6.60. The lowest BCUT2D eigenvalue weighted by molar-refractivity contribution is 0.237. The van der Waals surface area contributed by atoms with Crippen LogP contribution in [0, 0.1) is 11.7 Å². The molecule has 5 nitrogen and oxygen atoms in total. The van der Waals surface area contributed by atoms with Gasteiger partial charge >= 0.3 is 0 Å². The van der Waals surface area contributed by atoms with Crippen LogP contribution < -0.4 is 5.56 Å². The predicted octanol–water partition coefficient (Wildman–Crippen LogP) is 1.69. The Labute approximate surface area is 121 Å². The van der Waals surface area contributed by atoms with Crippen LogP contribution in [0.3, 0.4) is 0 Å². The third kappa shape index (κ3) is 2.57. The van der Waals surface area contributed by atoms with Gasteiger partial charge in [-0.25, -0.2) is 0 Å². The van der Waals surface area contributed by atoms with Crippen molar-refractivity contribution in [3.05, 3.63) is 56.0 Å². The van der Waals surface area contributed by atoms with E-state index in [9.17, 15) is 4.79 Å². The molecule has 0 aliphatic carbocycles. The number of nitrogens with one attached hydrogen (secondary N) is 2. The van der Waals surface area contributed by atoms with E-state index in [1.165, 1.54) is 5.56 Å². The first-order chi connectivity index (χ1) is 9.63. The van der Waals surface area contributed by atoms with E-state index in [1.54, 1.807) is 0 Å². The first kappa shape index (κ1) is 13.2. The third-order valence-electron chi connectivity index (χ3n) is 3.68. The zero-order valence-corrected chi connectivity index (χ0v) is 12.1. The molecule has 0 saturated heterocycles. The second-order valence-corrected chi connectivity index (χ2v) is 5.50. The van der Waals surface area contributed by atoms with Crippen LogP contribution in [-0.4, -0.2) is 26.4 Å². The molecule has 0 fully saturated rings. The largest absolute Gasteiger partial charge is 0.334 e. The molecule has 6 heteroatoms. The maximum absolute atomic E-state index is 11.8. The molecule has 0 bridgehead atoms. The molecule has 2 aromatic heterocycles. The van der Waals surface area contributed by atoms with Crippen molar-refractivity contribution >= 4 is 12.2 Å². The fraction of sp³-hybridized carbons (Fsp3) is 0.357. The van der Waals surface area contributed by atoms with Crippen molar-refractivity contribution < 1.29 is 0 Å². The monoisotopic (exact) mass is 288 g/mol. The third-order valence-corrected chi connectivity index (χ3v) is 3.88. The van der Waals surface area contributed by atoms with Gasteiger partial charge in [0.1, 0.15) is 0 Å². The van der Waals surface area contributed by atoms with Gasteiger partial charge in [0.2, 0.25) is 0 Å². The van der Waals surface area contributed by atoms with Crippen molar-refractivity contribution in [1.29, 1.82) is 0 Å². The van der Waals surface area contributed by atoms with Gasteiger partial charge in [0.25, 0.3) is 5.56 Å². The molecule has 0 aromatic carbocycles. The molecule has 0 spiro atoms. The minimum absolute atomic E-state index is 0.0579. The number of aryl methyl sites for hydroxylation is 1. The van der Waals surface area contributed by atoms with Crippen LogP contribution >= 0.6 is 12.2 Å². The quantitative estimate of drug-likeness (QED) is 0.826. The van der Waals surface area contributed by atoms with E-state index in [0.29, 0.717) is 11.3 Å². The molecule has 20 heavy (non-hydrogen) atoms. The molecule has 0 amide bonds. The maximum atomic E-state index is 11.8. The number of nitrogens with zero attached hydrogens (tertiary/aromatic N) is 2. The van der Waals surface area contributed by atoms with Crippen LogP contribution in [0.1, 0.15) is 22.5 Å². The molecule has 2 N–H and O–H groups in total. The Hall–Kier alpha value is -1.79. The molecule has 0 unspecified atom stereocenters. The van der Waals surface area contributed by atoms with E-state index in [4.69, 9.17) is 12.2 Å². The second-order valence-electron chi connectivity index (χ2n) is 5.09. The summed E-state index contributed by atoms with van der Waals surface area (Å²) in [6.45, 7) is 4.42. The predicted molar refractivity (Wildman–Crippen MR) is 79.0 cm³/mol. The Morgan fingerprint density at radius 1 is 1.45 bits per heavy atom. The lowest BCUT2D eigenvalue weighted by atomic mass is 10.1. The van der Waals surface area contributed by atoms with Gasteiger partial charge in [0.05, 0.1) is 5.69 Å². The lowest BCUT2D eigenvalue weighted by Gasteiger charge is -2.27. The highest BCUT2D eigenvalue weighted by Crippen LogP contribution is 2.16. The highest BCUT2D eigenvalue weighted by atomic mass is 32.1. The van der Waals surface area contributed by atoms with Crippen molar-refractivity contribution in [2.45, 2.75) is 26.4 Å². The van der Waals surface area contributed by atoms with Crippen LogP contribution in [0.25, 0.3) is 0 Å². The summed E-state index contributed by atoms with van der Waals surface area (Å²) in [5.74, 6) is 0. The molecule has 3 rings (SSSR count). The van der Waals surface area contributed by atoms with Gasteiger partial charge in [-0.15, -0.1) is 0 Å². The number of aromatic amines is 2. The molecule has 0 atom stereocenters. The highest BCUT2D eigenvalue weighted by Gasteiger charge is 2.20. The summed E-state index contributed by atoms with van der Waals surface area (Å²) in [5, 5.41) is 0. The number of hydrogen-bond donors (Lipinski definition) is 2. The number of pyridine rings is 1. The van der Waals surface area contributed by atoms with Crippen molar-refractivity contribution in [1.82, 2.24) is 19.9 Å². The zero-order chi connectivity index (χ0) is 14.1. The molecule has 1 aliphatic heterocycles. The van der Waals surface area contributed by atoms with Gasteiger partial charge < -0.3 is 4.98 Å². The Morgan fingerprint density at radius 3 is 3.10 bits per heavy atom. The number of rotatable bonds is 2. The minimum atomic E-state index is -0.0579. The molecule has 0 saturated carbocycles.